The molecule has 1 aliphatic heterocycles. The Labute approximate surface area is 73.0 Å². The number of ether oxygens (including phenoxy) is 2. The van der Waals surface area contributed by atoms with Gasteiger partial charge in [0, 0.05) is 6.42 Å². The fourth-order valence-electron chi connectivity index (χ4n) is 1.05. The number of cyclic esters (lactones) is 1. The molecule has 0 aliphatic carbocycles. The predicted molar refractivity (Wildman–Crippen MR) is 44.5 cm³/mol. The molecule has 0 spiro atoms. The Hall–Kier alpha value is -0.570. The number of carbonyl (C=O) groups excluding carboxylic acids is 1. The minimum absolute atomic E-state index is 0.135. The van der Waals surface area contributed by atoms with Crippen molar-refractivity contribution < 1.29 is 14.3 Å². The van der Waals surface area contributed by atoms with Gasteiger partial charge >= 0.3 is 5.97 Å². The summed E-state index contributed by atoms with van der Waals surface area (Å²) in [6.07, 6.45) is 1.98. The molecule has 12 heavy (non-hydrogen) atoms. The van der Waals surface area contributed by atoms with Crippen LogP contribution in [0.25, 0.3) is 0 Å². The Morgan fingerprint density at radius 1 is 1.67 bits per heavy atom. The van der Waals surface area contributed by atoms with E-state index in [9.17, 15) is 4.79 Å². The summed E-state index contributed by atoms with van der Waals surface area (Å²) in [6.45, 7) is 4.98. The van der Waals surface area contributed by atoms with E-state index in [1.807, 2.05) is 0 Å². The molecule has 70 valence electrons. The molecular weight excluding hydrogens is 156 g/mol. The van der Waals surface area contributed by atoms with E-state index in [2.05, 4.69) is 13.8 Å². The molecule has 0 amide bonds. The normalized spacial score (nSPS) is 23.2. The van der Waals surface area contributed by atoms with Crippen molar-refractivity contribution in [2.24, 2.45) is 5.92 Å². The van der Waals surface area contributed by atoms with Gasteiger partial charge < -0.3 is 9.47 Å². The summed E-state index contributed by atoms with van der Waals surface area (Å²) in [5.41, 5.74) is 0. The minimum Gasteiger partial charge on any atom is -0.436 e. The highest BCUT2D eigenvalue weighted by molar-refractivity contribution is 5.71. The van der Waals surface area contributed by atoms with Crippen molar-refractivity contribution in [2.45, 2.75) is 39.4 Å². The second-order valence-electron chi connectivity index (χ2n) is 3.51. The van der Waals surface area contributed by atoms with Crippen LogP contribution in [0.4, 0.5) is 0 Å². The fraction of sp³-hybridized carbons (Fsp3) is 0.889. The molecule has 1 saturated heterocycles. The number of rotatable bonds is 4. The first kappa shape index (κ1) is 9.52. The average molecular weight is 172 g/mol. The lowest BCUT2D eigenvalue weighted by Crippen LogP contribution is -2.13. The Balaban J connectivity index is 2.04. The third kappa shape index (κ3) is 3.22. The molecule has 0 N–H and O–H groups in total. The van der Waals surface area contributed by atoms with Gasteiger partial charge in [0.05, 0.1) is 13.0 Å². The van der Waals surface area contributed by atoms with Crippen molar-refractivity contribution in [1.29, 1.82) is 0 Å². The summed E-state index contributed by atoms with van der Waals surface area (Å²) in [5, 5.41) is 0. The van der Waals surface area contributed by atoms with Crippen LogP contribution >= 0.6 is 0 Å². The standard InChI is InChI=1S/C9H16O3/c1-7(2)5-6-11-9-4-3-8(10)12-9/h7,9H,3-6H2,1-2H3. The van der Waals surface area contributed by atoms with E-state index in [-0.39, 0.29) is 12.3 Å². The highest BCUT2D eigenvalue weighted by Crippen LogP contribution is 2.15. The van der Waals surface area contributed by atoms with Gasteiger partial charge in [-0.05, 0) is 12.3 Å². The third-order valence-corrected chi connectivity index (χ3v) is 1.85. The molecule has 1 aliphatic rings. The summed E-state index contributed by atoms with van der Waals surface area (Å²) in [4.78, 5) is 10.6. The lowest BCUT2D eigenvalue weighted by molar-refractivity contribution is -0.162. The van der Waals surface area contributed by atoms with E-state index in [1.165, 1.54) is 0 Å². The SMILES string of the molecule is CC(C)CCOC1CCC(=O)O1. The fourth-order valence-corrected chi connectivity index (χ4v) is 1.05. The van der Waals surface area contributed by atoms with Crippen LogP contribution in [-0.4, -0.2) is 18.9 Å². The summed E-state index contributed by atoms with van der Waals surface area (Å²) in [5.74, 6) is 0.506. The average Bonchev–Trinajstić information content (AvgIpc) is 2.35. The number of carbonyl (C=O) groups is 1. The number of hydrogen-bond acceptors (Lipinski definition) is 3. The summed E-state index contributed by atoms with van der Waals surface area (Å²) < 4.78 is 10.2. The number of esters is 1. The summed E-state index contributed by atoms with van der Waals surface area (Å²) >= 11 is 0. The Morgan fingerprint density at radius 3 is 2.92 bits per heavy atom. The molecular formula is C9H16O3. The molecule has 0 bridgehead atoms. The van der Waals surface area contributed by atoms with Crippen LogP contribution in [0.15, 0.2) is 0 Å². The molecule has 3 heteroatoms. The largest absolute Gasteiger partial charge is 0.436 e. The Bertz CT molecular complexity index is 154. The van der Waals surface area contributed by atoms with Gasteiger partial charge in [-0.2, -0.15) is 0 Å². The maximum Gasteiger partial charge on any atom is 0.308 e. The predicted octanol–water partition coefficient (Wildman–Crippen LogP) is 1.71. The van der Waals surface area contributed by atoms with Gasteiger partial charge in [-0.3, -0.25) is 4.79 Å². The van der Waals surface area contributed by atoms with Crippen LogP contribution in [0.3, 0.4) is 0 Å². The van der Waals surface area contributed by atoms with Crippen molar-refractivity contribution in [3.05, 3.63) is 0 Å². The van der Waals surface area contributed by atoms with Gasteiger partial charge in [0.2, 0.25) is 6.29 Å². The lowest BCUT2D eigenvalue weighted by Gasteiger charge is -2.11. The van der Waals surface area contributed by atoms with Gasteiger partial charge in [0.1, 0.15) is 0 Å². The second-order valence-corrected chi connectivity index (χ2v) is 3.51. The van der Waals surface area contributed by atoms with Gasteiger partial charge in [-0.1, -0.05) is 13.8 Å². The van der Waals surface area contributed by atoms with Crippen molar-refractivity contribution in [3.63, 3.8) is 0 Å². The molecule has 3 nitrogen and oxygen atoms in total. The quantitative estimate of drug-likeness (QED) is 0.605. The summed E-state index contributed by atoms with van der Waals surface area (Å²) in [6, 6.07) is 0. The zero-order chi connectivity index (χ0) is 8.97. The first-order chi connectivity index (χ1) is 5.68. The topological polar surface area (TPSA) is 35.5 Å². The highest BCUT2D eigenvalue weighted by Gasteiger charge is 2.23. The van der Waals surface area contributed by atoms with Crippen molar-refractivity contribution in [3.8, 4) is 0 Å². The molecule has 0 aromatic rings. The van der Waals surface area contributed by atoms with E-state index < -0.39 is 0 Å². The van der Waals surface area contributed by atoms with Crippen molar-refractivity contribution in [1.82, 2.24) is 0 Å². The third-order valence-electron chi connectivity index (χ3n) is 1.85. The Morgan fingerprint density at radius 2 is 2.42 bits per heavy atom. The monoisotopic (exact) mass is 172 g/mol. The van der Waals surface area contributed by atoms with Crippen molar-refractivity contribution >= 4 is 5.97 Å². The van der Waals surface area contributed by atoms with Crippen molar-refractivity contribution in [2.75, 3.05) is 6.61 Å². The van der Waals surface area contributed by atoms with Crippen LogP contribution in [0, 0.1) is 5.92 Å². The van der Waals surface area contributed by atoms with Gasteiger partial charge in [-0.15, -0.1) is 0 Å². The van der Waals surface area contributed by atoms with Crippen LogP contribution < -0.4 is 0 Å². The van der Waals surface area contributed by atoms with Crippen LogP contribution in [0.5, 0.6) is 0 Å². The van der Waals surface area contributed by atoms with Crippen LogP contribution in [0.2, 0.25) is 0 Å². The number of hydrogen-bond donors (Lipinski definition) is 0. The Kier molecular flexibility index (Phi) is 3.53. The highest BCUT2D eigenvalue weighted by atomic mass is 16.7. The van der Waals surface area contributed by atoms with Gasteiger partial charge in [-0.25, -0.2) is 0 Å². The zero-order valence-corrected chi connectivity index (χ0v) is 7.71. The van der Waals surface area contributed by atoms with Gasteiger partial charge in [0.15, 0.2) is 0 Å². The smallest absolute Gasteiger partial charge is 0.308 e. The van der Waals surface area contributed by atoms with E-state index in [0.717, 1.165) is 12.8 Å². The first-order valence-electron chi connectivity index (χ1n) is 4.49. The second kappa shape index (κ2) is 4.45. The molecule has 0 aromatic carbocycles. The molecule has 1 fully saturated rings. The molecule has 0 saturated carbocycles. The molecule has 1 unspecified atom stereocenters. The maximum absolute atomic E-state index is 10.6. The minimum atomic E-state index is -0.267. The summed E-state index contributed by atoms with van der Waals surface area (Å²) in [7, 11) is 0. The van der Waals surface area contributed by atoms with Crippen LogP contribution in [-0.2, 0) is 14.3 Å². The lowest BCUT2D eigenvalue weighted by atomic mass is 10.1. The van der Waals surface area contributed by atoms with E-state index in [4.69, 9.17) is 9.47 Å². The van der Waals surface area contributed by atoms with Crippen LogP contribution in [0.1, 0.15) is 33.1 Å². The van der Waals surface area contributed by atoms with E-state index in [1.54, 1.807) is 0 Å². The molecule has 0 aromatic heterocycles. The maximum atomic E-state index is 10.6. The first-order valence-corrected chi connectivity index (χ1v) is 4.49. The zero-order valence-electron chi connectivity index (χ0n) is 7.71. The van der Waals surface area contributed by atoms with E-state index in [0.29, 0.717) is 18.9 Å². The molecule has 1 heterocycles. The van der Waals surface area contributed by atoms with Gasteiger partial charge in [0.25, 0.3) is 0 Å². The molecule has 1 atom stereocenters. The molecule has 1 rings (SSSR count). The molecule has 0 radical (unpaired) electrons. The van der Waals surface area contributed by atoms with E-state index >= 15 is 0 Å².